The maximum Gasteiger partial charge on any atom is 0.273 e. The van der Waals surface area contributed by atoms with Crippen LogP contribution in [-0.2, 0) is 11.2 Å². The highest BCUT2D eigenvalue weighted by molar-refractivity contribution is 6.36. The van der Waals surface area contributed by atoms with E-state index in [0.29, 0.717) is 35.8 Å². The van der Waals surface area contributed by atoms with Crippen molar-refractivity contribution in [2.75, 3.05) is 20.2 Å². The SMILES string of the molecule is C=CC[C@H]1CCN(C(=O)C2=C(Cl)C(Cc3ccc(OC)c(F)c3)C(c3ccc(C#N)c(F)c3)=N2)C1. The van der Waals surface area contributed by atoms with Crippen molar-refractivity contribution in [1.29, 1.82) is 5.26 Å². The third-order valence-electron chi connectivity index (χ3n) is 6.41. The Kier molecular flexibility index (Phi) is 7.32. The normalized spacial score (nSPS) is 19.5. The zero-order chi connectivity index (χ0) is 25.1. The highest BCUT2D eigenvalue weighted by Gasteiger charge is 2.37. The third-order valence-corrected chi connectivity index (χ3v) is 6.85. The highest BCUT2D eigenvalue weighted by Crippen LogP contribution is 2.37. The number of halogens is 3. The molecule has 2 aliphatic heterocycles. The van der Waals surface area contributed by atoms with Gasteiger partial charge in [0.2, 0.25) is 0 Å². The van der Waals surface area contributed by atoms with Crippen LogP contribution in [0.1, 0.15) is 29.5 Å². The van der Waals surface area contributed by atoms with Crippen molar-refractivity contribution in [3.8, 4) is 11.8 Å². The molecule has 35 heavy (non-hydrogen) atoms. The molecule has 0 aliphatic carbocycles. The van der Waals surface area contributed by atoms with Gasteiger partial charge in [-0.25, -0.2) is 13.8 Å². The van der Waals surface area contributed by atoms with E-state index in [9.17, 15) is 13.6 Å². The molecule has 180 valence electrons. The minimum atomic E-state index is -0.690. The number of rotatable bonds is 7. The second kappa shape index (κ2) is 10.4. The number of carbonyl (C=O) groups excluding carboxylic acids is 1. The molecule has 2 aromatic carbocycles. The van der Waals surface area contributed by atoms with Gasteiger partial charge in [-0.1, -0.05) is 29.8 Å². The maximum absolute atomic E-state index is 14.4. The molecule has 0 aromatic heterocycles. The quantitative estimate of drug-likeness (QED) is 0.484. The lowest BCUT2D eigenvalue weighted by atomic mass is 9.90. The summed E-state index contributed by atoms with van der Waals surface area (Å²) in [6.45, 7) is 4.95. The van der Waals surface area contributed by atoms with Gasteiger partial charge in [0.25, 0.3) is 5.91 Å². The Morgan fingerprint density at radius 3 is 2.77 bits per heavy atom. The highest BCUT2D eigenvalue weighted by atomic mass is 35.5. The molecule has 2 heterocycles. The molecular formula is C27H24ClF2N3O2. The second-order valence-electron chi connectivity index (χ2n) is 8.66. The number of amides is 1. The predicted molar refractivity (Wildman–Crippen MR) is 130 cm³/mol. The average Bonchev–Trinajstić information content (AvgIpc) is 3.44. The van der Waals surface area contributed by atoms with E-state index in [-0.39, 0.29) is 34.4 Å². The number of carbonyl (C=O) groups is 1. The number of methoxy groups -OCH3 is 1. The van der Waals surface area contributed by atoms with Gasteiger partial charge < -0.3 is 9.64 Å². The first-order valence-electron chi connectivity index (χ1n) is 11.3. The van der Waals surface area contributed by atoms with Gasteiger partial charge in [0.1, 0.15) is 17.6 Å². The van der Waals surface area contributed by atoms with E-state index in [4.69, 9.17) is 21.6 Å². The van der Waals surface area contributed by atoms with E-state index in [1.807, 2.05) is 6.08 Å². The molecule has 1 unspecified atom stereocenters. The average molecular weight is 496 g/mol. The van der Waals surface area contributed by atoms with E-state index < -0.39 is 17.6 Å². The number of benzene rings is 2. The van der Waals surface area contributed by atoms with Gasteiger partial charge >= 0.3 is 0 Å². The minimum absolute atomic E-state index is 0.0956. The van der Waals surface area contributed by atoms with Crippen LogP contribution in [-0.4, -0.2) is 36.7 Å². The molecule has 0 bridgehead atoms. The van der Waals surface area contributed by atoms with Gasteiger partial charge in [-0.2, -0.15) is 5.26 Å². The Balaban J connectivity index is 1.70. The van der Waals surface area contributed by atoms with Gasteiger partial charge in [0.15, 0.2) is 11.6 Å². The van der Waals surface area contributed by atoms with Crippen molar-refractivity contribution in [3.63, 3.8) is 0 Å². The lowest BCUT2D eigenvalue weighted by molar-refractivity contribution is -0.126. The molecular weight excluding hydrogens is 472 g/mol. The molecule has 4 rings (SSSR count). The number of likely N-dealkylation sites (tertiary alicyclic amines) is 1. The van der Waals surface area contributed by atoms with Crippen molar-refractivity contribution in [2.45, 2.75) is 19.3 Å². The first-order valence-corrected chi connectivity index (χ1v) is 11.6. The Bertz CT molecular complexity index is 1280. The van der Waals surface area contributed by atoms with Gasteiger partial charge in [-0.15, -0.1) is 6.58 Å². The van der Waals surface area contributed by atoms with Gasteiger partial charge in [-0.3, -0.25) is 4.79 Å². The minimum Gasteiger partial charge on any atom is -0.494 e. The van der Waals surface area contributed by atoms with E-state index in [0.717, 1.165) is 12.8 Å². The van der Waals surface area contributed by atoms with Crippen LogP contribution in [0.25, 0.3) is 0 Å². The van der Waals surface area contributed by atoms with Crippen LogP contribution in [0.15, 0.2) is 64.8 Å². The van der Waals surface area contributed by atoms with E-state index in [1.165, 1.54) is 31.4 Å². The van der Waals surface area contributed by atoms with Crippen molar-refractivity contribution in [1.82, 2.24) is 4.90 Å². The number of hydrogen-bond acceptors (Lipinski definition) is 4. The fraction of sp³-hybridized carbons (Fsp3) is 0.296. The lowest BCUT2D eigenvalue weighted by Crippen LogP contribution is -2.29. The fourth-order valence-corrected chi connectivity index (χ4v) is 4.88. The van der Waals surface area contributed by atoms with Gasteiger partial charge in [0.05, 0.1) is 23.4 Å². The number of nitriles is 1. The van der Waals surface area contributed by atoms with Crippen LogP contribution in [0.5, 0.6) is 5.75 Å². The maximum atomic E-state index is 14.4. The lowest BCUT2D eigenvalue weighted by Gasteiger charge is -2.17. The summed E-state index contributed by atoms with van der Waals surface area (Å²) in [5.41, 5.74) is 1.45. The fourth-order valence-electron chi connectivity index (χ4n) is 4.57. The van der Waals surface area contributed by atoms with Crippen LogP contribution in [0.3, 0.4) is 0 Å². The number of ether oxygens (including phenoxy) is 1. The molecule has 5 nitrogen and oxygen atoms in total. The van der Waals surface area contributed by atoms with Crippen LogP contribution in [0, 0.1) is 34.8 Å². The first kappa shape index (κ1) is 24.6. The summed E-state index contributed by atoms with van der Waals surface area (Å²) >= 11 is 6.74. The van der Waals surface area contributed by atoms with Crippen LogP contribution >= 0.6 is 11.6 Å². The number of aliphatic imine (C=N–C) groups is 1. The zero-order valence-corrected chi connectivity index (χ0v) is 20.0. The molecule has 0 saturated carbocycles. The molecule has 1 saturated heterocycles. The van der Waals surface area contributed by atoms with Crippen molar-refractivity contribution in [3.05, 3.63) is 88.1 Å². The van der Waals surface area contributed by atoms with Crippen LogP contribution in [0.2, 0.25) is 0 Å². The molecule has 0 radical (unpaired) electrons. The number of hydrogen-bond donors (Lipinski definition) is 0. The number of allylic oxidation sites excluding steroid dienone is 2. The van der Waals surface area contributed by atoms with Crippen molar-refractivity contribution < 1.29 is 18.3 Å². The summed E-state index contributed by atoms with van der Waals surface area (Å²) in [4.78, 5) is 19.6. The Morgan fingerprint density at radius 1 is 1.31 bits per heavy atom. The molecule has 8 heteroatoms. The van der Waals surface area contributed by atoms with E-state index in [1.54, 1.807) is 23.1 Å². The summed E-state index contributed by atoms with van der Waals surface area (Å²) in [7, 11) is 1.38. The van der Waals surface area contributed by atoms with Crippen LogP contribution < -0.4 is 4.74 Å². The van der Waals surface area contributed by atoms with Crippen LogP contribution in [0.4, 0.5) is 8.78 Å². The molecule has 2 aromatic rings. The molecule has 1 fully saturated rings. The van der Waals surface area contributed by atoms with Crippen molar-refractivity contribution in [2.24, 2.45) is 16.8 Å². The summed E-state index contributed by atoms with van der Waals surface area (Å²) in [6, 6.07) is 10.5. The first-order chi connectivity index (χ1) is 16.9. The molecule has 1 amide bonds. The molecule has 2 aliphatic rings. The monoisotopic (exact) mass is 495 g/mol. The summed E-state index contributed by atoms with van der Waals surface area (Å²) in [5.74, 6) is -1.62. The van der Waals surface area contributed by atoms with E-state index >= 15 is 0 Å². The van der Waals surface area contributed by atoms with Gasteiger partial charge in [-0.05, 0) is 60.6 Å². The second-order valence-corrected chi connectivity index (χ2v) is 9.06. The smallest absolute Gasteiger partial charge is 0.273 e. The summed E-state index contributed by atoms with van der Waals surface area (Å²) < 4.78 is 33.8. The number of nitrogens with zero attached hydrogens (tertiary/aromatic N) is 3. The Morgan fingerprint density at radius 2 is 2.11 bits per heavy atom. The molecule has 0 spiro atoms. The summed E-state index contributed by atoms with van der Waals surface area (Å²) in [6.07, 6.45) is 3.78. The zero-order valence-electron chi connectivity index (χ0n) is 19.2. The summed E-state index contributed by atoms with van der Waals surface area (Å²) in [5, 5.41) is 9.31. The van der Waals surface area contributed by atoms with Gasteiger partial charge in [0, 0.05) is 19.0 Å². The third kappa shape index (κ3) is 4.98. The molecule has 2 atom stereocenters. The Hall–Kier alpha value is -3.50. The largest absolute Gasteiger partial charge is 0.494 e. The van der Waals surface area contributed by atoms with Crippen molar-refractivity contribution >= 4 is 23.2 Å². The standard InChI is InChI=1S/C27H24ClF2N3O2/c1-3-4-16-9-10-33(15-16)27(34)26-24(28)20(11-17-5-8-23(35-2)22(30)12-17)25(32-26)18-6-7-19(14-31)21(29)13-18/h3,5-8,12-13,16,20H,1,4,9-11,15H2,2H3/t16-,20?/m0/s1. The molecule has 0 N–H and O–H groups in total. The predicted octanol–water partition coefficient (Wildman–Crippen LogP) is 5.38. The topological polar surface area (TPSA) is 65.7 Å². The van der Waals surface area contributed by atoms with E-state index in [2.05, 4.69) is 11.6 Å². The Labute approximate surface area is 208 Å².